The van der Waals surface area contributed by atoms with E-state index in [0.29, 0.717) is 30.0 Å². The van der Waals surface area contributed by atoms with Crippen LogP contribution >= 0.6 is 11.8 Å². The molecule has 0 aliphatic rings. The van der Waals surface area contributed by atoms with Gasteiger partial charge in [0.05, 0.1) is 0 Å². The molecular weight excluding hydrogens is 336 g/mol. The fourth-order valence-electron chi connectivity index (χ4n) is 2.74. The Morgan fingerprint density at radius 2 is 1.88 bits per heavy atom. The number of nitrogens with one attached hydrogen (secondary N) is 1. The number of hydrogen-bond acceptors (Lipinski definition) is 6. The van der Waals surface area contributed by atoms with Crippen molar-refractivity contribution in [2.24, 2.45) is 0 Å². The van der Waals surface area contributed by atoms with Crippen molar-refractivity contribution in [3.05, 3.63) is 41.0 Å². The molecule has 1 aromatic carbocycles. The number of benzene rings is 1. The molecule has 0 bridgehead atoms. The third-order valence-electron chi connectivity index (χ3n) is 3.96. The van der Waals surface area contributed by atoms with Crippen LogP contribution in [0.15, 0.2) is 27.8 Å². The minimum atomic E-state index is -0.0488. The second-order valence-corrected chi connectivity index (χ2v) is 6.60. The summed E-state index contributed by atoms with van der Waals surface area (Å²) < 4.78 is 5.44. The molecule has 2 heterocycles. The van der Waals surface area contributed by atoms with Gasteiger partial charge in [0.15, 0.2) is 16.6 Å². The zero-order valence-electron chi connectivity index (χ0n) is 14.7. The smallest absolute Gasteiger partial charge is 0.224 e. The van der Waals surface area contributed by atoms with Gasteiger partial charge >= 0.3 is 0 Å². The normalized spacial score (nSPS) is 11.0. The van der Waals surface area contributed by atoms with Crippen LogP contribution in [0.1, 0.15) is 29.3 Å². The van der Waals surface area contributed by atoms with Gasteiger partial charge in [0.1, 0.15) is 5.52 Å². The van der Waals surface area contributed by atoms with Crippen molar-refractivity contribution in [1.29, 1.82) is 0 Å². The lowest BCUT2D eigenvalue weighted by Gasteiger charge is -2.10. The van der Waals surface area contributed by atoms with Gasteiger partial charge in [0, 0.05) is 30.4 Å². The summed E-state index contributed by atoms with van der Waals surface area (Å²) in [5.74, 6) is 0.561. The van der Waals surface area contributed by atoms with Crippen molar-refractivity contribution in [2.45, 2.75) is 38.8 Å². The summed E-state index contributed by atoms with van der Waals surface area (Å²) in [6, 6.07) is 5.45. The molecule has 7 heteroatoms. The lowest BCUT2D eigenvalue weighted by Crippen LogP contribution is -2.13. The number of rotatable bonds is 5. The van der Waals surface area contributed by atoms with Crippen LogP contribution in [0.25, 0.3) is 11.1 Å². The number of carbonyl (C=O) groups is 1. The number of anilines is 1. The summed E-state index contributed by atoms with van der Waals surface area (Å²) in [5.41, 5.74) is 5.08. The number of fused-ring (bicyclic) bond motifs is 1. The van der Waals surface area contributed by atoms with Crippen LogP contribution in [0.5, 0.6) is 0 Å². The van der Waals surface area contributed by atoms with E-state index in [1.807, 2.05) is 38.3 Å². The Labute approximate surface area is 150 Å². The molecule has 0 saturated heterocycles. The first-order valence-electron chi connectivity index (χ1n) is 8.01. The zero-order chi connectivity index (χ0) is 18.0. The van der Waals surface area contributed by atoms with Crippen LogP contribution in [0, 0.1) is 20.8 Å². The molecular formula is C18H20N4O2S. The van der Waals surface area contributed by atoms with E-state index in [4.69, 9.17) is 4.42 Å². The summed E-state index contributed by atoms with van der Waals surface area (Å²) in [5, 5.41) is 3.67. The molecule has 0 atom stereocenters. The monoisotopic (exact) mass is 356 g/mol. The first-order valence-corrected chi connectivity index (χ1v) is 9.24. The third-order valence-corrected chi connectivity index (χ3v) is 4.51. The molecule has 6 nitrogen and oxygen atoms in total. The molecule has 3 aromatic rings. The largest absolute Gasteiger partial charge is 0.441 e. The van der Waals surface area contributed by atoms with Crippen molar-refractivity contribution in [3.8, 4) is 0 Å². The van der Waals surface area contributed by atoms with Gasteiger partial charge in [-0.15, -0.1) is 0 Å². The maximum absolute atomic E-state index is 12.3. The summed E-state index contributed by atoms with van der Waals surface area (Å²) in [7, 11) is 0. The number of aromatic nitrogens is 3. The van der Waals surface area contributed by atoms with Gasteiger partial charge in [0.25, 0.3) is 0 Å². The molecule has 25 heavy (non-hydrogen) atoms. The van der Waals surface area contributed by atoms with E-state index < -0.39 is 0 Å². The molecule has 130 valence electrons. The molecule has 2 aromatic heterocycles. The highest BCUT2D eigenvalue weighted by atomic mass is 32.2. The fraction of sp³-hybridized carbons (Fsp3) is 0.333. The van der Waals surface area contributed by atoms with Crippen LogP contribution in [0.4, 0.5) is 5.69 Å². The number of aryl methyl sites for hydroxylation is 3. The highest BCUT2D eigenvalue weighted by Gasteiger charge is 2.11. The number of oxazole rings is 1. The van der Waals surface area contributed by atoms with Gasteiger partial charge in [0.2, 0.25) is 5.91 Å². The SMILES string of the molecule is CSc1nc(C)c(CCC(=O)Nc2ccc3oc(C)nc3c2)c(C)n1. The number of nitrogens with zero attached hydrogens (tertiary/aromatic N) is 3. The molecule has 1 N–H and O–H groups in total. The van der Waals surface area contributed by atoms with E-state index in [0.717, 1.165) is 27.6 Å². The van der Waals surface area contributed by atoms with E-state index in [1.165, 1.54) is 11.8 Å². The van der Waals surface area contributed by atoms with Gasteiger partial charge in [-0.05, 0) is 50.3 Å². The molecule has 0 radical (unpaired) electrons. The van der Waals surface area contributed by atoms with Crippen molar-refractivity contribution >= 4 is 34.5 Å². The van der Waals surface area contributed by atoms with Crippen molar-refractivity contribution in [1.82, 2.24) is 15.0 Å². The predicted octanol–water partition coefficient (Wildman–Crippen LogP) is 3.84. The number of amides is 1. The van der Waals surface area contributed by atoms with E-state index in [-0.39, 0.29) is 5.91 Å². The van der Waals surface area contributed by atoms with Gasteiger partial charge in [-0.2, -0.15) is 0 Å². The Bertz CT molecular complexity index is 913. The quantitative estimate of drug-likeness (QED) is 0.553. The standard InChI is InChI=1S/C18H20N4O2S/c1-10-14(11(2)20-18(19-10)25-4)6-8-17(23)22-13-5-7-16-15(9-13)21-12(3)24-16/h5,7,9H,6,8H2,1-4H3,(H,22,23). The Morgan fingerprint density at radius 1 is 1.16 bits per heavy atom. The molecule has 0 aliphatic heterocycles. The van der Waals surface area contributed by atoms with Crippen LogP contribution in [-0.2, 0) is 11.2 Å². The van der Waals surface area contributed by atoms with Crippen molar-refractivity contribution in [3.63, 3.8) is 0 Å². The zero-order valence-corrected chi connectivity index (χ0v) is 15.5. The predicted molar refractivity (Wildman–Crippen MR) is 99.0 cm³/mol. The minimum absolute atomic E-state index is 0.0488. The van der Waals surface area contributed by atoms with Crippen LogP contribution in [-0.4, -0.2) is 27.1 Å². The van der Waals surface area contributed by atoms with Crippen LogP contribution in [0.3, 0.4) is 0 Å². The number of thioether (sulfide) groups is 1. The average molecular weight is 356 g/mol. The highest BCUT2D eigenvalue weighted by molar-refractivity contribution is 7.98. The molecule has 3 rings (SSSR count). The average Bonchev–Trinajstić information content (AvgIpc) is 2.93. The molecule has 0 fully saturated rings. The molecule has 0 spiro atoms. The number of hydrogen-bond donors (Lipinski definition) is 1. The molecule has 0 saturated carbocycles. The van der Waals surface area contributed by atoms with Crippen LogP contribution < -0.4 is 5.32 Å². The Hall–Kier alpha value is -2.41. The maximum atomic E-state index is 12.3. The third kappa shape index (κ3) is 3.99. The van der Waals surface area contributed by atoms with Gasteiger partial charge in [-0.3, -0.25) is 4.79 Å². The number of carbonyl (C=O) groups excluding carboxylic acids is 1. The summed E-state index contributed by atoms with van der Waals surface area (Å²) in [6.45, 7) is 5.72. The Kier molecular flexibility index (Phi) is 5.03. The first-order chi connectivity index (χ1) is 12.0. The van der Waals surface area contributed by atoms with Gasteiger partial charge in [-0.25, -0.2) is 15.0 Å². The molecule has 0 unspecified atom stereocenters. The van der Waals surface area contributed by atoms with Gasteiger partial charge < -0.3 is 9.73 Å². The van der Waals surface area contributed by atoms with E-state index in [1.54, 1.807) is 6.92 Å². The lowest BCUT2D eigenvalue weighted by atomic mass is 10.1. The first kappa shape index (κ1) is 17.4. The summed E-state index contributed by atoms with van der Waals surface area (Å²) in [6.07, 6.45) is 2.94. The minimum Gasteiger partial charge on any atom is -0.441 e. The Morgan fingerprint density at radius 3 is 2.56 bits per heavy atom. The lowest BCUT2D eigenvalue weighted by molar-refractivity contribution is -0.116. The van der Waals surface area contributed by atoms with E-state index >= 15 is 0 Å². The fourth-order valence-corrected chi connectivity index (χ4v) is 3.20. The maximum Gasteiger partial charge on any atom is 0.224 e. The molecule has 1 amide bonds. The van der Waals surface area contributed by atoms with Crippen LogP contribution in [0.2, 0.25) is 0 Å². The van der Waals surface area contributed by atoms with E-state index in [9.17, 15) is 4.79 Å². The van der Waals surface area contributed by atoms with Gasteiger partial charge in [-0.1, -0.05) is 11.8 Å². The second-order valence-electron chi connectivity index (χ2n) is 5.82. The highest BCUT2D eigenvalue weighted by Crippen LogP contribution is 2.21. The molecule has 0 aliphatic carbocycles. The summed E-state index contributed by atoms with van der Waals surface area (Å²) in [4.78, 5) is 25.5. The van der Waals surface area contributed by atoms with Crippen molar-refractivity contribution < 1.29 is 9.21 Å². The summed E-state index contributed by atoms with van der Waals surface area (Å²) >= 11 is 1.52. The second kappa shape index (κ2) is 7.23. The van der Waals surface area contributed by atoms with Crippen molar-refractivity contribution in [2.75, 3.05) is 11.6 Å². The Balaban J connectivity index is 1.66. The topological polar surface area (TPSA) is 80.9 Å². The van der Waals surface area contributed by atoms with E-state index in [2.05, 4.69) is 20.3 Å².